The van der Waals surface area contributed by atoms with Gasteiger partial charge in [0, 0.05) is 18.5 Å². The van der Waals surface area contributed by atoms with E-state index in [0.717, 1.165) is 25.3 Å². The second-order valence-corrected chi connectivity index (χ2v) is 6.27. The van der Waals surface area contributed by atoms with Crippen molar-refractivity contribution in [3.8, 4) is 0 Å². The summed E-state index contributed by atoms with van der Waals surface area (Å²) in [4.78, 5) is 14.9. The molecule has 2 heteroatoms. The lowest BCUT2D eigenvalue weighted by atomic mass is 9.78. The topological polar surface area (TPSA) is 20.3 Å². The maximum Gasteiger partial charge on any atom is 0.225 e. The van der Waals surface area contributed by atoms with Crippen LogP contribution in [0.5, 0.6) is 0 Å². The summed E-state index contributed by atoms with van der Waals surface area (Å²) in [5.41, 5.74) is 0. The lowest BCUT2D eigenvalue weighted by molar-refractivity contribution is -0.141. The molecule has 2 nitrogen and oxygen atoms in total. The molecule has 2 atom stereocenters. The van der Waals surface area contributed by atoms with Crippen molar-refractivity contribution in [3.63, 3.8) is 0 Å². The van der Waals surface area contributed by atoms with Gasteiger partial charge in [-0.1, -0.05) is 25.7 Å². The minimum absolute atomic E-state index is 0.385. The van der Waals surface area contributed by atoms with Gasteiger partial charge >= 0.3 is 0 Å². The fourth-order valence-corrected chi connectivity index (χ4v) is 4.31. The molecule has 1 heterocycles. The van der Waals surface area contributed by atoms with Crippen LogP contribution < -0.4 is 0 Å². The van der Waals surface area contributed by atoms with Crippen molar-refractivity contribution >= 4 is 5.91 Å². The number of amides is 1. The third kappa shape index (κ3) is 2.23. The predicted molar refractivity (Wildman–Crippen MR) is 68.7 cm³/mol. The van der Waals surface area contributed by atoms with Crippen LogP contribution in [0.2, 0.25) is 0 Å². The van der Waals surface area contributed by atoms with Crippen molar-refractivity contribution in [1.82, 2.24) is 4.90 Å². The lowest BCUT2D eigenvalue weighted by Gasteiger charge is -2.45. The molecular weight excluding hydrogens is 210 g/mol. The second-order valence-electron chi connectivity index (χ2n) is 6.27. The molecule has 3 fully saturated rings. The number of likely N-dealkylation sites (tertiary alicyclic amines) is 1. The molecule has 1 amide bonds. The van der Waals surface area contributed by atoms with Gasteiger partial charge in [-0.3, -0.25) is 4.79 Å². The Labute approximate surface area is 105 Å². The molecular formula is C15H25NO. The Hall–Kier alpha value is -0.530. The van der Waals surface area contributed by atoms with Gasteiger partial charge in [0.1, 0.15) is 0 Å². The number of carbonyl (C=O) groups is 1. The quantitative estimate of drug-likeness (QED) is 0.682. The maximum atomic E-state index is 12.6. The monoisotopic (exact) mass is 235 g/mol. The van der Waals surface area contributed by atoms with Gasteiger partial charge in [-0.05, 0) is 44.4 Å². The second kappa shape index (κ2) is 4.99. The average Bonchev–Trinajstić information content (AvgIpc) is 2.91. The van der Waals surface area contributed by atoms with E-state index in [-0.39, 0.29) is 0 Å². The highest BCUT2D eigenvalue weighted by Crippen LogP contribution is 2.37. The number of piperidine rings is 1. The van der Waals surface area contributed by atoms with Crippen LogP contribution in [-0.2, 0) is 4.79 Å². The van der Waals surface area contributed by atoms with Crippen molar-refractivity contribution in [2.24, 2.45) is 11.8 Å². The molecule has 3 aliphatic rings. The Morgan fingerprint density at radius 2 is 1.47 bits per heavy atom. The molecule has 0 aromatic rings. The largest absolute Gasteiger partial charge is 0.339 e. The van der Waals surface area contributed by atoms with Gasteiger partial charge in [-0.15, -0.1) is 0 Å². The first kappa shape index (κ1) is 11.6. The summed E-state index contributed by atoms with van der Waals surface area (Å²) in [6, 6.07) is 0.616. The SMILES string of the molecule is O=C(C1CCCC1)N1CCCC2CCCCC21. The fraction of sp³-hybridized carbons (Fsp3) is 0.933. The molecule has 0 aromatic heterocycles. The highest BCUT2D eigenvalue weighted by atomic mass is 16.2. The first-order valence-electron chi connectivity index (χ1n) is 7.67. The lowest BCUT2D eigenvalue weighted by Crippen LogP contribution is -2.51. The number of carbonyl (C=O) groups excluding carboxylic acids is 1. The summed E-state index contributed by atoms with van der Waals surface area (Å²) >= 11 is 0. The highest BCUT2D eigenvalue weighted by molar-refractivity contribution is 5.79. The summed E-state index contributed by atoms with van der Waals surface area (Å²) in [7, 11) is 0. The van der Waals surface area contributed by atoms with Crippen LogP contribution >= 0.6 is 0 Å². The molecule has 1 saturated heterocycles. The smallest absolute Gasteiger partial charge is 0.225 e. The molecule has 96 valence electrons. The van der Waals surface area contributed by atoms with E-state index in [1.807, 2.05) is 0 Å². The number of hydrogen-bond acceptors (Lipinski definition) is 1. The van der Waals surface area contributed by atoms with Crippen molar-refractivity contribution in [2.45, 2.75) is 70.3 Å². The van der Waals surface area contributed by atoms with Crippen LogP contribution in [0.4, 0.5) is 0 Å². The van der Waals surface area contributed by atoms with Gasteiger partial charge in [0.15, 0.2) is 0 Å². The molecule has 3 rings (SSSR count). The predicted octanol–water partition coefficient (Wildman–Crippen LogP) is 3.36. The van der Waals surface area contributed by atoms with E-state index < -0.39 is 0 Å². The molecule has 0 radical (unpaired) electrons. The van der Waals surface area contributed by atoms with E-state index in [1.165, 1.54) is 51.4 Å². The third-order valence-electron chi connectivity index (χ3n) is 5.23. The van der Waals surface area contributed by atoms with Gasteiger partial charge < -0.3 is 4.90 Å². The molecule has 0 aromatic carbocycles. The summed E-state index contributed by atoms with van der Waals surface area (Å²) in [5, 5.41) is 0. The minimum atomic E-state index is 0.385. The van der Waals surface area contributed by atoms with E-state index in [2.05, 4.69) is 4.90 Å². The Morgan fingerprint density at radius 3 is 2.29 bits per heavy atom. The maximum absolute atomic E-state index is 12.6. The Kier molecular flexibility index (Phi) is 3.39. The van der Waals surface area contributed by atoms with E-state index in [1.54, 1.807) is 0 Å². The molecule has 2 aliphatic carbocycles. The van der Waals surface area contributed by atoms with Crippen LogP contribution in [0.15, 0.2) is 0 Å². The Bertz CT molecular complexity index is 281. The molecule has 0 spiro atoms. The Morgan fingerprint density at radius 1 is 0.824 bits per heavy atom. The van der Waals surface area contributed by atoms with Crippen LogP contribution in [-0.4, -0.2) is 23.4 Å². The standard InChI is InChI=1S/C15H25NO/c17-15(13-7-1-2-8-13)16-11-5-9-12-6-3-4-10-14(12)16/h12-14H,1-11H2. The number of rotatable bonds is 1. The molecule has 2 unspecified atom stereocenters. The Balaban J connectivity index is 1.69. The summed E-state index contributed by atoms with van der Waals surface area (Å²) < 4.78 is 0. The third-order valence-corrected chi connectivity index (χ3v) is 5.23. The summed E-state index contributed by atoms with van der Waals surface area (Å²) in [5.74, 6) is 1.73. The highest BCUT2D eigenvalue weighted by Gasteiger charge is 2.38. The van der Waals surface area contributed by atoms with Crippen molar-refractivity contribution in [3.05, 3.63) is 0 Å². The molecule has 17 heavy (non-hydrogen) atoms. The van der Waals surface area contributed by atoms with Crippen LogP contribution in [0, 0.1) is 11.8 Å². The van der Waals surface area contributed by atoms with Crippen molar-refractivity contribution < 1.29 is 4.79 Å². The zero-order valence-electron chi connectivity index (χ0n) is 10.9. The van der Waals surface area contributed by atoms with Gasteiger partial charge in [0.05, 0.1) is 0 Å². The molecule has 1 aliphatic heterocycles. The van der Waals surface area contributed by atoms with E-state index in [4.69, 9.17) is 0 Å². The van der Waals surface area contributed by atoms with Gasteiger partial charge in [-0.2, -0.15) is 0 Å². The average molecular weight is 235 g/mol. The zero-order chi connectivity index (χ0) is 11.7. The van der Waals surface area contributed by atoms with Crippen molar-refractivity contribution in [1.29, 1.82) is 0 Å². The fourth-order valence-electron chi connectivity index (χ4n) is 4.31. The first-order valence-corrected chi connectivity index (χ1v) is 7.67. The van der Waals surface area contributed by atoms with Gasteiger partial charge in [-0.25, -0.2) is 0 Å². The zero-order valence-corrected chi connectivity index (χ0v) is 10.9. The normalized spacial score (nSPS) is 34.7. The molecule has 2 saturated carbocycles. The van der Waals surface area contributed by atoms with Crippen LogP contribution in [0.25, 0.3) is 0 Å². The number of nitrogens with zero attached hydrogens (tertiary/aromatic N) is 1. The van der Waals surface area contributed by atoms with Gasteiger partial charge in [0.2, 0.25) is 5.91 Å². The van der Waals surface area contributed by atoms with Crippen LogP contribution in [0.3, 0.4) is 0 Å². The van der Waals surface area contributed by atoms with Gasteiger partial charge in [0.25, 0.3) is 0 Å². The number of fused-ring (bicyclic) bond motifs is 1. The van der Waals surface area contributed by atoms with E-state index in [0.29, 0.717) is 17.9 Å². The molecule has 0 N–H and O–H groups in total. The first-order chi connectivity index (χ1) is 8.36. The summed E-state index contributed by atoms with van der Waals surface area (Å²) in [6.45, 7) is 1.05. The van der Waals surface area contributed by atoms with E-state index >= 15 is 0 Å². The van der Waals surface area contributed by atoms with Crippen LogP contribution in [0.1, 0.15) is 64.2 Å². The summed E-state index contributed by atoms with van der Waals surface area (Å²) in [6.07, 6.45) is 12.9. The number of hydrogen-bond donors (Lipinski definition) is 0. The molecule has 0 bridgehead atoms. The minimum Gasteiger partial charge on any atom is -0.339 e. The van der Waals surface area contributed by atoms with E-state index in [9.17, 15) is 4.79 Å². The van der Waals surface area contributed by atoms with Crippen molar-refractivity contribution in [2.75, 3.05) is 6.54 Å².